The normalized spacial score (nSPS) is 10.9. The first-order valence-electron chi connectivity index (χ1n) is 9.46. The lowest BCUT2D eigenvalue weighted by atomic mass is 10.2. The number of carbonyl (C=O) groups excluding carboxylic acids is 1. The van der Waals surface area contributed by atoms with Crippen LogP contribution in [-0.2, 0) is 0 Å². The van der Waals surface area contributed by atoms with Gasteiger partial charge in [-0.05, 0) is 42.5 Å². The molecule has 3 aromatic carbocycles. The van der Waals surface area contributed by atoms with Crippen molar-refractivity contribution in [3.05, 3.63) is 84.4 Å². The Morgan fingerprint density at radius 2 is 1.67 bits per heavy atom. The van der Waals surface area contributed by atoms with Gasteiger partial charge in [0.2, 0.25) is 0 Å². The molecule has 3 rings (SSSR count). The number of carbonyl (C=O) groups is 1. The van der Waals surface area contributed by atoms with E-state index in [2.05, 4.69) is 15.6 Å². The van der Waals surface area contributed by atoms with Gasteiger partial charge in [0.1, 0.15) is 17.2 Å². The number of guanidine groups is 1. The van der Waals surface area contributed by atoms with Crippen molar-refractivity contribution in [1.29, 1.82) is 0 Å². The molecule has 0 unspecified atom stereocenters. The standard InChI is InChI=1S/C23H24N4O3/c1-29-20-11-5-7-17(15-20)22(28)25-13-14-26-23(24)27-18-8-6-12-21(16-18)30-19-9-3-2-4-10-19/h2-12,15-16H,13-14H2,1H3,(H,25,28)(H3,24,26,27). The predicted octanol–water partition coefficient (Wildman–Crippen LogP) is 3.64. The largest absolute Gasteiger partial charge is 0.497 e. The number of anilines is 1. The molecular weight excluding hydrogens is 380 g/mol. The zero-order valence-electron chi connectivity index (χ0n) is 16.7. The number of methoxy groups -OCH3 is 1. The molecule has 0 radical (unpaired) electrons. The van der Waals surface area contributed by atoms with Crippen molar-refractivity contribution < 1.29 is 14.3 Å². The monoisotopic (exact) mass is 404 g/mol. The summed E-state index contributed by atoms with van der Waals surface area (Å²) >= 11 is 0. The molecular formula is C23H24N4O3. The Bertz CT molecular complexity index is 1010. The third-order valence-electron chi connectivity index (χ3n) is 4.10. The van der Waals surface area contributed by atoms with Gasteiger partial charge in [-0.2, -0.15) is 0 Å². The molecule has 0 aliphatic rings. The molecule has 7 nitrogen and oxygen atoms in total. The third-order valence-corrected chi connectivity index (χ3v) is 4.10. The van der Waals surface area contributed by atoms with Crippen LogP contribution >= 0.6 is 0 Å². The lowest BCUT2D eigenvalue weighted by molar-refractivity contribution is 0.0954. The summed E-state index contributed by atoms with van der Waals surface area (Å²) in [5, 5.41) is 5.82. The Labute approximate surface area is 175 Å². The number of amides is 1. The Morgan fingerprint density at radius 3 is 2.47 bits per heavy atom. The van der Waals surface area contributed by atoms with E-state index in [1.165, 1.54) is 0 Å². The first-order chi connectivity index (χ1) is 14.6. The van der Waals surface area contributed by atoms with Crippen LogP contribution in [0.3, 0.4) is 0 Å². The van der Waals surface area contributed by atoms with Crippen LogP contribution in [0.2, 0.25) is 0 Å². The SMILES string of the molecule is COc1cccc(C(=O)NCCN=C(N)Nc2cccc(Oc3ccccc3)c2)c1. The number of nitrogens with one attached hydrogen (secondary N) is 2. The first kappa shape index (κ1) is 20.7. The maximum Gasteiger partial charge on any atom is 0.251 e. The molecule has 154 valence electrons. The van der Waals surface area contributed by atoms with Gasteiger partial charge in [0.25, 0.3) is 5.91 Å². The van der Waals surface area contributed by atoms with Gasteiger partial charge in [-0.1, -0.05) is 30.3 Å². The number of benzene rings is 3. The minimum Gasteiger partial charge on any atom is -0.497 e. The highest BCUT2D eigenvalue weighted by molar-refractivity contribution is 5.94. The second-order valence-electron chi connectivity index (χ2n) is 6.32. The number of aliphatic imine (C=N–C) groups is 1. The van der Waals surface area contributed by atoms with Crippen molar-refractivity contribution in [2.45, 2.75) is 0 Å². The molecule has 0 aromatic heterocycles. The van der Waals surface area contributed by atoms with Crippen molar-refractivity contribution in [2.75, 3.05) is 25.5 Å². The van der Waals surface area contributed by atoms with Crippen LogP contribution in [0.5, 0.6) is 17.2 Å². The number of para-hydroxylation sites is 1. The number of nitrogens with two attached hydrogens (primary N) is 1. The van der Waals surface area contributed by atoms with Gasteiger partial charge >= 0.3 is 0 Å². The Kier molecular flexibility index (Phi) is 7.27. The Morgan fingerprint density at radius 1 is 0.933 bits per heavy atom. The van der Waals surface area contributed by atoms with E-state index < -0.39 is 0 Å². The molecule has 0 aliphatic carbocycles. The van der Waals surface area contributed by atoms with E-state index in [4.69, 9.17) is 15.2 Å². The van der Waals surface area contributed by atoms with E-state index in [1.54, 1.807) is 31.4 Å². The van der Waals surface area contributed by atoms with Gasteiger partial charge in [-0.25, -0.2) is 0 Å². The van der Waals surface area contributed by atoms with Gasteiger partial charge in [0.15, 0.2) is 5.96 Å². The fraction of sp³-hybridized carbons (Fsp3) is 0.130. The minimum absolute atomic E-state index is 0.193. The summed E-state index contributed by atoms with van der Waals surface area (Å²) in [5.41, 5.74) is 7.23. The molecule has 0 spiro atoms. The van der Waals surface area contributed by atoms with Crippen LogP contribution in [0.25, 0.3) is 0 Å². The van der Waals surface area contributed by atoms with Crippen LogP contribution in [0.15, 0.2) is 83.9 Å². The van der Waals surface area contributed by atoms with Crippen LogP contribution in [0.4, 0.5) is 5.69 Å². The molecule has 0 fully saturated rings. The van der Waals surface area contributed by atoms with Crippen molar-refractivity contribution in [1.82, 2.24) is 5.32 Å². The third kappa shape index (κ3) is 6.27. The molecule has 1 amide bonds. The lowest BCUT2D eigenvalue weighted by Crippen LogP contribution is -2.28. The zero-order chi connectivity index (χ0) is 21.2. The molecule has 4 N–H and O–H groups in total. The van der Waals surface area contributed by atoms with E-state index >= 15 is 0 Å². The molecule has 0 bridgehead atoms. The van der Waals surface area contributed by atoms with Gasteiger partial charge < -0.3 is 25.8 Å². The summed E-state index contributed by atoms with van der Waals surface area (Å²) in [5.74, 6) is 2.13. The average molecular weight is 404 g/mol. The van der Waals surface area contributed by atoms with Gasteiger partial charge in [0, 0.05) is 23.9 Å². The van der Waals surface area contributed by atoms with E-state index in [-0.39, 0.29) is 11.9 Å². The molecule has 0 atom stereocenters. The number of nitrogens with zero attached hydrogens (tertiary/aromatic N) is 1. The molecule has 30 heavy (non-hydrogen) atoms. The summed E-state index contributed by atoms with van der Waals surface area (Å²) in [6, 6.07) is 23.9. The molecule has 0 aliphatic heterocycles. The highest BCUT2D eigenvalue weighted by Gasteiger charge is 2.05. The first-order valence-corrected chi connectivity index (χ1v) is 9.46. The summed E-state index contributed by atoms with van der Waals surface area (Å²) < 4.78 is 10.9. The number of hydrogen-bond acceptors (Lipinski definition) is 4. The van der Waals surface area contributed by atoms with Crippen molar-refractivity contribution in [3.63, 3.8) is 0 Å². The summed E-state index contributed by atoms with van der Waals surface area (Å²) in [4.78, 5) is 16.4. The summed E-state index contributed by atoms with van der Waals surface area (Å²) in [6.07, 6.45) is 0. The van der Waals surface area contributed by atoms with E-state index in [1.807, 2.05) is 54.6 Å². The maximum absolute atomic E-state index is 12.2. The van der Waals surface area contributed by atoms with E-state index in [0.29, 0.717) is 30.2 Å². The number of ether oxygens (including phenoxy) is 2. The fourth-order valence-electron chi connectivity index (χ4n) is 2.66. The average Bonchev–Trinajstić information content (AvgIpc) is 2.77. The Hall–Kier alpha value is -4.00. The number of rotatable bonds is 8. The summed E-state index contributed by atoms with van der Waals surface area (Å²) in [6.45, 7) is 0.699. The molecule has 0 saturated carbocycles. The van der Waals surface area contributed by atoms with Gasteiger partial charge in [-0.3, -0.25) is 9.79 Å². The predicted molar refractivity (Wildman–Crippen MR) is 118 cm³/mol. The quantitative estimate of drug-likeness (QED) is 0.302. The topological polar surface area (TPSA) is 98.0 Å². The number of hydrogen-bond donors (Lipinski definition) is 3. The van der Waals surface area contributed by atoms with Crippen molar-refractivity contribution in [2.24, 2.45) is 10.7 Å². The fourth-order valence-corrected chi connectivity index (χ4v) is 2.66. The molecule has 0 heterocycles. The van der Waals surface area contributed by atoms with Gasteiger partial charge in [-0.15, -0.1) is 0 Å². The van der Waals surface area contributed by atoms with Crippen LogP contribution in [0.1, 0.15) is 10.4 Å². The van der Waals surface area contributed by atoms with Crippen molar-refractivity contribution >= 4 is 17.6 Å². The summed E-state index contributed by atoms with van der Waals surface area (Å²) in [7, 11) is 1.56. The van der Waals surface area contributed by atoms with Crippen molar-refractivity contribution in [3.8, 4) is 17.2 Å². The molecule has 3 aromatic rings. The zero-order valence-corrected chi connectivity index (χ0v) is 16.7. The van der Waals surface area contributed by atoms with Crippen LogP contribution < -0.4 is 25.8 Å². The highest BCUT2D eigenvalue weighted by atomic mass is 16.5. The van der Waals surface area contributed by atoms with Crippen LogP contribution in [0, 0.1) is 0 Å². The lowest BCUT2D eigenvalue weighted by Gasteiger charge is -2.09. The molecule has 7 heteroatoms. The van der Waals surface area contributed by atoms with Gasteiger partial charge in [0.05, 0.1) is 13.7 Å². The second kappa shape index (κ2) is 10.5. The molecule has 0 saturated heterocycles. The highest BCUT2D eigenvalue weighted by Crippen LogP contribution is 2.23. The van der Waals surface area contributed by atoms with Crippen LogP contribution in [-0.4, -0.2) is 32.1 Å². The minimum atomic E-state index is -0.193. The smallest absolute Gasteiger partial charge is 0.251 e. The second-order valence-corrected chi connectivity index (χ2v) is 6.32. The van der Waals surface area contributed by atoms with E-state index in [0.717, 1.165) is 11.4 Å². The maximum atomic E-state index is 12.2. The Balaban J connectivity index is 1.48. The van der Waals surface area contributed by atoms with E-state index in [9.17, 15) is 4.79 Å².